The molecule has 13 heteroatoms. The Labute approximate surface area is 175 Å². The van der Waals surface area contributed by atoms with E-state index >= 15 is 0 Å². The summed E-state index contributed by atoms with van der Waals surface area (Å²) in [5.41, 5.74) is 1.90. The minimum absolute atomic E-state index is 0.112. The molecule has 0 bridgehead atoms. The minimum Gasteiger partial charge on any atom is -0.496 e. The van der Waals surface area contributed by atoms with E-state index in [-0.39, 0.29) is 11.0 Å². The first-order valence-electron chi connectivity index (χ1n) is 8.47. The largest absolute Gasteiger partial charge is 0.496 e. The molecule has 0 spiro atoms. The van der Waals surface area contributed by atoms with Crippen molar-refractivity contribution in [3.05, 3.63) is 41.7 Å². The fourth-order valence-corrected chi connectivity index (χ4v) is 3.25. The molecule has 3 aromatic rings. The summed E-state index contributed by atoms with van der Waals surface area (Å²) >= 11 is 1.21. The molecule has 168 valence electrons. The number of methoxy groups -OCH3 is 1. The third-order valence-electron chi connectivity index (χ3n) is 4.09. The number of aromatic nitrogens is 3. The number of halogens is 7. The molecule has 0 atom stereocenters. The number of imidazole rings is 1. The number of H-pyrrole nitrogens is 1. The van der Waals surface area contributed by atoms with Gasteiger partial charge in [-0.2, -0.15) is 30.7 Å². The Morgan fingerprint density at radius 1 is 1.06 bits per heavy atom. The SMILES string of the molecule is COc1cc(CSc2nc3ccc(OC(F)(F)C(F)(F)C(F)(F)F)cc3[nH]2)ncc1C. The van der Waals surface area contributed by atoms with Crippen LogP contribution < -0.4 is 9.47 Å². The average molecular weight is 469 g/mol. The summed E-state index contributed by atoms with van der Waals surface area (Å²) in [4.78, 5) is 11.2. The summed E-state index contributed by atoms with van der Waals surface area (Å²) in [6.07, 6.45) is -10.6. The van der Waals surface area contributed by atoms with Crippen LogP contribution in [-0.2, 0) is 5.75 Å². The van der Waals surface area contributed by atoms with Crippen molar-refractivity contribution in [2.45, 2.75) is 36.0 Å². The number of benzene rings is 1. The summed E-state index contributed by atoms with van der Waals surface area (Å²) in [7, 11) is 1.52. The van der Waals surface area contributed by atoms with Gasteiger partial charge in [0.05, 0.1) is 23.8 Å². The van der Waals surface area contributed by atoms with Gasteiger partial charge in [-0.25, -0.2) is 4.98 Å². The van der Waals surface area contributed by atoms with Gasteiger partial charge in [-0.1, -0.05) is 11.8 Å². The zero-order chi connectivity index (χ0) is 23.0. The second-order valence-corrected chi connectivity index (χ2v) is 7.31. The van der Waals surface area contributed by atoms with Crippen LogP contribution in [0.15, 0.2) is 35.6 Å². The molecule has 5 nitrogen and oxygen atoms in total. The van der Waals surface area contributed by atoms with Crippen molar-refractivity contribution in [2.24, 2.45) is 0 Å². The van der Waals surface area contributed by atoms with Crippen LogP contribution in [0.3, 0.4) is 0 Å². The highest BCUT2D eigenvalue weighted by Crippen LogP contribution is 2.47. The average Bonchev–Trinajstić information content (AvgIpc) is 3.08. The molecule has 0 amide bonds. The molecule has 3 rings (SSSR count). The number of alkyl halides is 7. The molecular formula is C18H14F7N3O2S. The van der Waals surface area contributed by atoms with Crippen LogP contribution in [0.25, 0.3) is 11.0 Å². The van der Waals surface area contributed by atoms with Crippen molar-refractivity contribution >= 4 is 22.8 Å². The second-order valence-electron chi connectivity index (χ2n) is 6.35. The molecule has 0 aliphatic heterocycles. The molecule has 2 aromatic heterocycles. The number of pyridine rings is 1. The minimum atomic E-state index is -6.48. The van der Waals surface area contributed by atoms with Crippen molar-refractivity contribution in [3.8, 4) is 11.5 Å². The smallest absolute Gasteiger partial charge is 0.474 e. The normalized spacial score (nSPS) is 12.9. The number of aromatic amines is 1. The van der Waals surface area contributed by atoms with E-state index in [9.17, 15) is 30.7 Å². The number of fused-ring (bicyclic) bond motifs is 1. The van der Waals surface area contributed by atoms with Gasteiger partial charge in [0.15, 0.2) is 5.16 Å². The Kier molecular flexibility index (Phi) is 6.00. The molecule has 0 unspecified atom stereocenters. The third-order valence-corrected chi connectivity index (χ3v) is 4.99. The quantitative estimate of drug-likeness (QED) is 0.354. The monoisotopic (exact) mass is 469 g/mol. The molecule has 31 heavy (non-hydrogen) atoms. The Morgan fingerprint density at radius 3 is 2.42 bits per heavy atom. The fraction of sp³-hybridized carbons (Fsp3) is 0.333. The predicted molar refractivity (Wildman–Crippen MR) is 97.8 cm³/mol. The van der Waals surface area contributed by atoms with Crippen molar-refractivity contribution in [1.29, 1.82) is 0 Å². The molecule has 0 aliphatic carbocycles. The van der Waals surface area contributed by atoms with E-state index < -0.39 is 24.0 Å². The van der Waals surface area contributed by atoms with Crippen LogP contribution in [0.2, 0.25) is 0 Å². The van der Waals surface area contributed by atoms with Crippen molar-refractivity contribution in [3.63, 3.8) is 0 Å². The highest BCUT2D eigenvalue weighted by atomic mass is 32.2. The number of rotatable bonds is 7. The number of ether oxygens (including phenoxy) is 2. The van der Waals surface area contributed by atoms with Gasteiger partial charge in [0.25, 0.3) is 0 Å². The maximum absolute atomic E-state index is 13.4. The number of nitrogens with zero attached hydrogens (tertiary/aromatic N) is 2. The maximum Gasteiger partial charge on any atom is 0.474 e. The Balaban J connectivity index is 1.76. The molecule has 0 saturated carbocycles. The number of hydrogen-bond donors (Lipinski definition) is 1. The van der Waals surface area contributed by atoms with E-state index in [1.807, 2.05) is 6.92 Å². The number of thioether (sulfide) groups is 1. The lowest BCUT2D eigenvalue weighted by Gasteiger charge is -2.27. The van der Waals surface area contributed by atoms with Crippen LogP contribution in [0.4, 0.5) is 30.7 Å². The molecule has 1 N–H and O–H groups in total. The van der Waals surface area contributed by atoms with Crippen LogP contribution in [0.1, 0.15) is 11.3 Å². The van der Waals surface area contributed by atoms with Gasteiger partial charge < -0.3 is 14.5 Å². The summed E-state index contributed by atoms with van der Waals surface area (Å²) in [5.74, 6) is -6.23. The Hall–Kier alpha value is -2.70. The first-order valence-corrected chi connectivity index (χ1v) is 9.46. The lowest BCUT2D eigenvalue weighted by molar-refractivity contribution is -0.402. The summed E-state index contributed by atoms with van der Waals surface area (Å²) in [6.45, 7) is 1.83. The van der Waals surface area contributed by atoms with Crippen molar-refractivity contribution in [1.82, 2.24) is 15.0 Å². The van der Waals surface area contributed by atoms with E-state index in [4.69, 9.17) is 4.74 Å². The number of hydrogen-bond acceptors (Lipinski definition) is 5. The van der Waals surface area contributed by atoms with E-state index in [2.05, 4.69) is 19.7 Å². The third kappa shape index (κ3) is 4.65. The first-order chi connectivity index (χ1) is 14.3. The number of aryl methyl sites for hydroxylation is 1. The summed E-state index contributed by atoms with van der Waals surface area (Å²) in [5, 5.41) is 0.348. The maximum atomic E-state index is 13.4. The van der Waals surface area contributed by atoms with Gasteiger partial charge in [-0.3, -0.25) is 4.98 Å². The summed E-state index contributed by atoms with van der Waals surface area (Å²) in [6, 6.07) is 4.57. The van der Waals surface area contributed by atoms with E-state index in [1.54, 1.807) is 12.3 Å². The highest BCUT2D eigenvalue weighted by Gasteiger charge is 2.75. The number of nitrogens with one attached hydrogen (secondary N) is 1. The van der Waals surface area contributed by atoms with Crippen LogP contribution in [0, 0.1) is 6.92 Å². The zero-order valence-corrected chi connectivity index (χ0v) is 16.7. The van der Waals surface area contributed by atoms with Crippen LogP contribution in [-0.4, -0.2) is 40.3 Å². The van der Waals surface area contributed by atoms with Crippen LogP contribution >= 0.6 is 11.8 Å². The molecule has 1 aromatic carbocycles. The predicted octanol–water partition coefficient (Wildman–Crippen LogP) is 5.74. The van der Waals surface area contributed by atoms with Gasteiger partial charge in [-0.15, -0.1) is 0 Å². The summed E-state index contributed by atoms with van der Waals surface area (Å²) < 4.78 is 98.6. The Bertz CT molecular complexity index is 1090. The van der Waals surface area contributed by atoms with Gasteiger partial charge in [0.1, 0.15) is 11.5 Å². The lowest BCUT2D eigenvalue weighted by Crippen LogP contribution is -2.55. The first kappa shape index (κ1) is 23.0. The topological polar surface area (TPSA) is 60.0 Å². The molecule has 0 aliphatic rings. The Morgan fingerprint density at radius 2 is 1.77 bits per heavy atom. The van der Waals surface area contributed by atoms with Gasteiger partial charge in [-0.05, 0) is 19.1 Å². The molecular weight excluding hydrogens is 455 g/mol. The fourth-order valence-electron chi connectivity index (χ4n) is 2.46. The molecule has 0 saturated heterocycles. The standard InChI is InChI=1S/C18H14F7N3O2S/c1-9-7-26-10(5-14(9)29-2)8-31-15-27-12-4-3-11(6-13(12)28-15)30-18(24,25)16(19,20)17(21,22)23/h3-7H,8H2,1-2H3,(H,27,28). The zero-order valence-electron chi connectivity index (χ0n) is 15.9. The van der Waals surface area contributed by atoms with Gasteiger partial charge >= 0.3 is 18.2 Å². The highest BCUT2D eigenvalue weighted by molar-refractivity contribution is 7.98. The van der Waals surface area contributed by atoms with E-state index in [0.29, 0.717) is 22.4 Å². The van der Waals surface area contributed by atoms with Crippen molar-refractivity contribution < 1.29 is 40.2 Å². The van der Waals surface area contributed by atoms with Crippen molar-refractivity contribution in [2.75, 3.05) is 7.11 Å². The van der Waals surface area contributed by atoms with E-state index in [1.165, 1.54) is 18.9 Å². The second kappa shape index (κ2) is 8.09. The lowest BCUT2D eigenvalue weighted by atomic mass is 10.2. The molecule has 0 fully saturated rings. The van der Waals surface area contributed by atoms with Gasteiger partial charge in [0, 0.05) is 29.6 Å². The molecule has 2 heterocycles. The van der Waals surface area contributed by atoms with Gasteiger partial charge in [0.2, 0.25) is 0 Å². The van der Waals surface area contributed by atoms with E-state index in [0.717, 1.165) is 23.8 Å². The van der Waals surface area contributed by atoms with Crippen LogP contribution in [0.5, 0.6) is 11.5 Å². The molecule has 0 radical (unpaired) electrons.